The molecule has 2 atom stereocenters. The average Bonchev–Trinajstić information content (AvgIpc) is 2.68. The van der Waals surface area contributed by atoms with Gasteiger partial charge in [-0.2, -0.15) is 0 Å². The molecule has 3 aromatic heterocycles. The molecular formula is C18H18ClN5O3. The number of aromatic nitrogens is 4. The molecule has 0 amide bonds. The van der Waals surface area contributed by atoms with E-state index in [-0.39, 0.29) is 6.54 Å². The molecule has 9 heteroatoms. The Hall–Kier alpha value is -2.55. The minimum absolute atomic E-state index is 0.259. The molecule has 0 spiro atoms. The number of piperidine rings is 1. The molecule has 0 aliphatic carbocycles. The van der Waals surface area contributed by atoms with Crippen LogP contribution in [0.25, 0.3) is 22.3 Å². The van der Waals surface area contributed by atoms with Gasteiger partial charge >= 0.3 is 0 Å². The number of ether oxygens (including phenoxy) is 1. The van der Waals surface area contributed by atoms with Gasteiger partial charge in [-0.05, 0) is 18.6 Å². The van der Waals surface area contributed by atoms with Crippen LogP contribution in [0.4, 0.5) is 5.82 Å². The zero-order valence-corrected chi connectivity index (χ0v) is 15.3. The lowest BCUT2D eigenvalue weighted by Crippen LogP contribution is -2.47. The topological polar surface area (TPSA) is 104 Å². The molecule has 0 unspecified atom stereocenters. The fourth-order valence-electron chi connectivity index (χ4n) is 3.20. The van der Waals surface area contributed by atoms with Crippen molar-refractivity contribution in [1.82, 2.24) is 19.9 Å². The molecule has 3 aromatic rings. The number of fused-ring (bicyclic) bond motifs is 1. The molecule has 0 saturated carbocycles. The first kappa shape index (κ1) is 17.8. The fraction of sp³-hybridized carbons (Fsp3) is 0.333. The molecule has 140 valence electrons. The molecule has 1 aliphatic heterocycles. The maximum Gasteiger partial charge on any atom is 0.162 e. The largest absolute Gasteiger partial charge is 0.494 e. The fourth-order valence-corrected chi connectivity index (χ4v) is 3.38. The molecule has 0 bridgehead atoms. The predicted octanol–water partition coefficient (Wildman–Crippen LogP) is 1.68. The normalized spacial score (nSPS) is 20.1. The van der Waals surface area contributed by atoms with E-state index in [9.17, 15) is 10.2 Å². The first-order valence-corrected chi connectivity index (χ1v) is 8.87. The summed E-state index contributed by atoms with van der Waals surface area (Å²) in [6, 6.07) is 3.47. The monoisotopic (exact) mass is 387 g/mol. The van der Waals surface area contributed by atoms with Gasteiger partial charge in [0.2, 0.25) is 0 Å². The molecule has 0 radical (unpaired) electrons. The SMILES string of the molecule is COc1cncc2nc(-c3ccnc(Cl)c3)nc(N3CC[C@H](O)[C@@H](O)C3)c12. The Balaban J connectivity index is 1.91. The van der Waals surface area contributed by atoms with Crippen LogP contribution in [0.2, 0.25) is 5.15 Å². The lowest BCUT2D eigenvalue weighted by atomic mass is 10.0. The number of nitrogens with zero attached hydrogens (tertiary/aromatic N) is 5. The summed E-state index contributed by atoms with van der Waals surface area (Å²) in [5.41, 5.74) is 1.33. The lowest BCUT2D eigenvalue weighted by molar-refractivity contribution is 0.00792. The maximum absolute atomic E-state index is 10.1. The van der Waals surface area contributed by atoms with E-state index in [2.05, 4.69) is 15.0 Å². The smallest absolute Gasteiger partial charge is 0.162 e. The maximum atomic E-state index is 10.1. The third-order valence-corrected chi connectivity index (χ3v) is 4.81. The van der Waals surface area contributed by atoms with E-state index in [1.165, 1.54) is 0 Å². The Morgan fingerprint density at radius 2 is 2.07 bits per heavy atom. The van der Waals surface area contributed by atoms with E-state index in [0.717, 1.165) is 5.56 Å². The number of aliphatic hydroxyl groups is 2. The number of methoxy groups -OCH3 is 1. The van der Waals surface area contributed by atoms with E-state index in [1.54, 1.807) is 37.8 Å². The van der Waals surface area contributed by atoms with Crippen molar-refractivity contribution in [3.8, 4) is 17.1 Å². The second kappa shape index (κ2) is 7.22. The highest BCUT2D eigenvalue weighted by Gasteiger charge is 2.29. The van der Waals surface area contributed by atoms with Gasteiger partial charge < -0.3 is 19.8 Å². The van der Waals surface area contributed by atoms with Crippen LogP contribution in [0.15, 0.2) is 30.7 Å². The Labute approximate surface area is 160 Å². The Morgan fingerprint density at radius 1 is 1.22 bits per heavy atom. The molecule has 1 saturated heterocycles. The van der Waals surface area contributed by atoms with Crippen molar-refractivity contribution in [1.29, 1.82) is 0 Å². The number of halogens is 1. The van der Waals surface area contributed by atoms with Gasteiger partial charge in [0.25, 0.3) is 0 Å². The van der Waals surface area contributed by atoms with E-state index in [0.29, 0.717) is 46.4 Å². The molecule has 4 heterocycles. The van der Waals surface area contributed by atoms with Crippen LogP contribution in [0.1, 0.15) is 6.42 Å². The molecule has 1 fully saturated rings. The van der Waals surface area contributed by atoms with Crippen LogP contribution in [0.3, 0.4) is 0 Å². The summed E-state index contributed by atoms with van der Waals surface area (Å²) in [4.78, 5) is 19.4. The summed E-state index contributed by atoms with van der Waals surface area (Å²) < 4.78 is 5.46. The highest BCUT2D eigenvalue weighted by Crippen LogP contribution is 2.35. The standard InChI is InChI=1S/C18H18ClN5O3/c1-27-14-8-20-7-11-16(14)18(24-5-3-12(25)13(26)9-24)23-17(22-11)10-2-4-21-15(19)6-10/h2,4,6-8,12-13,25-26H,3,5,9H2,1H3/t12-,13-/m0/s1. The molecule has 2 N–H and O–H groups in total. The molecule has 4 rings (SSSR count). The van der Waals surface area contributed by atoms with Crippen LogP contribution in [0, 0.1) is 0 Å². The molecule has 8 nitrogen and oxygen atoms in total. The highest BCUT2D eigenvalue weighted by atomic mass is 35.5. The summed E-state index contributed by atoms with van der Waals surface area (Å²) >= 11 is 6.01. The predicted molar refractivity (Wildman–Crippen MR) is 101 cm³/mol. The molecule has 0 aromatic carbocycles. The minimum Gasteiger partial charge on any atom is -0.494 e. The zero-order valence-electron chi connectivity index (χ0n) is 14.6. The summed E-state index contributed by atoms with van der Waals surface area (Å²) in [6.07, 6.45) is 3.69. The van der Waals surface area contributed by atoms with Gasteiger partial charge in [0.1, 0.15) is 16.7 Å². The average molecular weight is 388 g/mol. The van der Waals surface area contributed by atoms with E-state index >= 15 is 0 Å². The van der Waals surface area contributed by atoms with Crippen molar-refractivity contribution >= 4 is 28.3 Å². The number of hydrogen-bond acceptors (Lipinski definition) is 8. The summed E-state index contributed by atoms with van der Waals surface area (Å²) in [5.74, 6) is 1.63. The summed E-state index contributed by atoms with van der Waals surface area (Å²) in [6.45, 7) is 0.807. The number of anilines is 1. The van der Waals surface area contributed by atoms with Crippen molar-refractivity contribution in [2.24, 2.45) is 0 Å². The number of aliphatic hydroxyl groups excluding tert-OH is 2. The molecular weight excluding hydrogens is 370 g/mol. The Bertz CT molecular complexity index is 986. The molecule has 27 heavy (non-hydrogen) atoms. The zero-order chi connectivity index (χ0) is 19.0. The highest BCUT2D eigenvalue weighted by molar-refractivity contribution is 6.29. The van der Waals surface area contributed by atoms with E-state index < -0.39 is 12.2 Å². The first-order chi connectivity index (χ1) is 13.1. The quantitative estimate of drug-likeness (QED) is 0.654. The van der Waals surface area contributed by atoms with Crippen molar-refractivity contribution in [2.45, 2.75) is 18.6 Å². The Kier molecular flexibility index (Phi) is 4.77. The second-order valence-corrected chi connectivity index (χ2v) is 6.73. The van der Waals surface area contributed by atoms with Crippen LogP contribution < -0.4 is 9.64 Å². The Morgan fingerprint density at radius 3 is 2.81 bits per heavy atom. The van der Waals surface area contributed by atoms with Crippen molar-refractivity contribution in [3.05, 3.63) is 35.9 Å². The molecule has 1 aliphatic rings. The van der Waals surface area contributed by atoms with Crippen molar-refractivity contribution in [3.63, 3.8) is 0 Å². The number of hydrogen-bond donors (Lipinski definition) is 2. The van der Waals surface area contributed by atoms with Crippen LogP contribution in [-0.2, 0) is 0 Å². The van der Waals surface area contributed by atoms with Gasteiger partial charge in [0.15, 0.2) is 5.82 Å². The second-order valence-electron chi connectivity index (χ2n) is 6.34. The van der Waals surface area contributed by atoms with Crippen LogP contribution in [-0.4, -0.2) is 62.6 Å². The van der Waals surface area contributed by atoms with Crippen molar-refractivity contribution < 1.29 is 14.9 Å². The lowest BCUT2D eigenvalue weighted by Gasteiger charge is -2.35. The van der Waals surface area contributed by atoms with E-state index in [4.69, 9.17) is 21.3 Å². The number of β-amino-alcohol motifs (C(OH)–C–C–N with tert-alkyl or cyclic N) is 1. The van der Waals surface area contributed by atoms with Gasteiger partial charge in [-0.1, -0.05) is 11.6 Å². The van der Waals surface area contributed by atoms with Crippen LogP contribution in [0.5, 0.6) is 5.75 Å². The summed E-state index contributed by atoms with van der Waals surface area (Å²) in [7, 11) is 1.56. The number of rotatable bonds is 3. The number of pyridine rings is 2. The van der Waals surface area contributed by atoms with E-state index in [1.807, 2.05) is 4.90 Å². The minimum atomic E-state index is -0.851. The third-order valence-electron chi connectivity index (χ3n) is 4.60. The van der Waals surface area contributed by atoms with Gasteiger partial charge in [0.05, 0.1) is 42.6 Å². The van der Waals surface area contributed by atoms with Gasteiger partial charge in [-0.3, -0.25) is 4.98 Å². The summed E-state index contributed by atoms with van der Waals surface area (Å²) in [5, 5.41) is 21.0. The van der Waals surface area contributed by atoms with Gasteiger partial charge in [-0.25, -0.2) is 15.0 Å². The van der Waals surface area contributed by atoms with Gasteiger partial charge in [0, 0.05) is 24.8 Å². The van der Waals surface area contributed by atoms with Gasteiger partial charge in [-0.15, -0.1) is 0 Å². The third kappa shape index (κ3) is 3.39. The van der Waals surface area contributed by atoms with Crippen LogP contribution >= 0.6 is 11.6 Å². The first-order valence-electron chi connectivity index (χ1n) is 8.49. The van der Waals surface area contributed by atoms with Crippen molar-refractivity contribution in [2.75, 3.05) is 25.1 Å².